The van der Waals surface area contributed by atoms with Crippen LogP contribution in [-0.4, -0.2) is 24.4 Å². The van der Waals surface area contributed by atoms with E-state index in [-0.39, 0.29) is 18.1 Å². The predicted octanol–water partition coefficient (Wildman–Crippen LogP) is 1.21. The Morgan fingerprint density at radius 1 is 1.39 bits per heavy atom. The molecular formula is C12H17N3O3. The van der Waals surface area contributed by atoms with Crippen molar-refractivity contribution in [2.24, 2.45) is 0 Å². The maximum absolute atomic E-state index is 11.5. The summed E-state index contributed by atoms with van der Waals surface area (Å²) >= 11 is 0. The Bertz CT molecular complexity index is 421. The first-order chi connectivity index (χ1) is 8.65. The third-order valence-electron chi connectivity index (χ3n) is 2.49. The number of carbonyl (C=O) groups is 1. The number of hydrogen-bond donors (Lipinski definition) is 2. The quantitative estimate of drug-likeness (QED) is 0.433. The first-order valence-electron chi connectivity index (χ1n) is 5.78. The number of nitro groups is 1. The second kappa shape index (κ2) is 7.39. The van der Waals surface area contributed by atoms with Crippen LogP contribution >= 0.6 is 0 Å². The van der Waals surface area contributed by atoms with Crippen LogP contribution in [0.1, 0.15) is 18.4 Å². The largest absolute Gasteiger partial charge is 0.352 e. The number of carbonyl (C=O) groups excluding carboxylic acids is 1. The van der Waals surface area contributed by atoms with E-state index in [1.54, 1.807) is 18.2 Å². The van der Waals surface area contributed by atoms with Crippen molar-refractivity contribution >= 4 is 11.6 Å². The molecule has 0 spiro atoms. The number of rotatable bonds is 7. The molecule has 0 aliphatic carbocycles. The number of nitrogens with one attached hydrogen (secondary N) is 2. The van der Waals surface area contributed by atoms with Gasteiger partial charge in [0.25, 0.3) is 5.69 Å². The average molecular weight is 251 g/mol. The zero-order valence-electron chi connectivity index (χ0n) is 10.3. The highest BCUT2D eigenvalue weighted by Gasteiger charge is 2.12. The average Bonchev–Trinajstić information content (AvgIpc) is 2.37. The standard InChI is InChI=1S/C12H17N3O3/c1-13-8-4-7-12(16)14-9-10-5-2-3-6-11(10)15(17)18/h2-3,5-6,13H,4,7-9H2,1H3,(H,14,16). The highest BCUT2D eigenvalue weighted by molar-refractivity contribution is 5.75. The SMILES string of the molecule is CNCCCC(=O)NCc1ccccc1[N+](=O)[O-]. The van der Waals surface area contributed by atoms with E-state index in [9.17, 15) is 14.9 Å². The second-order valence-electron chi connectivity index (χ2n) is 3.87. The summed E-state index contributed by atoms with van der Waals surface area (Å²) in [6.45, 7) is 0.967. The van der Waals surface area contributed by atoms with Crippen LogP contribution in [-0.2, 0) is 11.3 Å². The minimum absolute atomic E-state index is 0.0352. The third kappa shape index (κ3) is 4.50. The molecule has 0 unspecified atom stereocenters. The number of para-hydroxylation sites is 1. The molecule has 0 atom stereocenters. The molecule has 0 aliphatic rings. The molecule has 0 aromatic heterocycles. The van der Waals surface area contributed by atoms with Gasteiger partial charge in [-0.1, -0.05) is 18.2 Å². The smallest absolute Gasteiger partial charge is 0.274 e. The van der Waals surface area contributed by atoms with Crippen molar-refractivity contribution < 1.29 is 9.72 Å². The summed E-state index contributed by atoms with van der Waals surface area (Å²) in [6, 6.07) is 6.40. The highest BCUT2D eigenvalue weighted by atomic mass is 16.6. The third-order valence-corrected chi connectivity index (χ3v) is 2.49. The van der Waals surface area contributed by atoms with E-state index in [0.717, 1.165) is 13.0 Å². The molecule has 0 bridgehead atoms. The number of benzene rings is 1. The van der Waals surface area contributed by atoms with Gasteiger partial charge < -0.3 is 10.6 Å². The van der Waals surface area contributed by atoms with Crippen molar-refractivity contribution in [2.45, 2.75) is 19.4 Å². The molecule has 18 heavy (non-hydrogen) atoms. The summed E-state index contributed by atoms with van der Waals surface area (Å²) in [4.78, 5) is 21.8. The van der Waals surface area contributed by atoms with Gasteiger partial charge in [-0.25, -0.2) is 0 Å². The lowest BCUT2D eigenvalue weighted by atomic mass is 10.2. The fraction of sp³-hybridized carbons (Fsp3) is 0.417. The lowest BCUT2D eigenvalue weighted by Crippen LogP contribution is -2.24. The molecule has 2 N–H and O–H groups in total. The minimum atomic E-state index is -0.442. The molecule has 1 aromatic carbocycles. The van der Waals surface area contributed by atoms with E-state index in [1.807, 2.05) is 7.05 Å². The summed E-state index contributed by atoms with van der Waals surface area (Å²) in [5.74, 6) is -0.0941. The zero-order valence-corrected chi connectivity index (χ0v) is 10.3. The maximum Gasteiger partial charge on any atom is 0.274 e. The zero-order chi connectivity index (χ0) is 13.4. The molecule has 0 aliphatic heterocycles. The molecule has 0 heterocycles. The van der Waals surface area contributed by atoms with E-state index in [1.165, 1.54) is 6.07 Å². The Kier molecular flexibility index (Phi) is 5.79. The second-order valence-corrected chi connectivity index (χ2v) is 3.87. The van der Waals surface area contributed by atoms with E-state index in [4.69, 9.17) is 0 Å². The number of nitrogens with zero attached hydrogens (tertiary/aromatic N) is 1. The van der Waals surface area contributed by atoms with Gasteiger partial charge >= 0.3 is 0 Å². The van der Waals surface area contributed by atoms with E-state index >= 15 is 0 Å². The van der Waals surface area contributed by atoms with Crippen LogP contribution in [0.25, 0.3) is 0 Å². The first kappa shape index (κ1) is 14.1. The van der Waals surface area contributed by atoms with Gasteiger partial charge in [-0.15, -0.1) is 0 Å². The van der Waals surface area contributed by atoms with Crippen molar-refractivity contribution in [1.29, 1.82) is 0 Å². The summed E-state index contributed by atoms with van der Waals surface area (Å²) in [6.07, 6.45) is 1.17. The Morgan fingerprint density at radius 3 is 2.78 bits per heavy atom. The first-order valence-corrected chi connectivity index (χ1v) is 5.78. The molecule has 6 heteroatoms. The fourth-order valence-corrected chi connectivity index (χ4v) is 1.55. The van der Waals surface area contributed by atoms with Crippen LogP contribution in [0.2, 0.25) is 0 Å². The Hall–Kier alpha value is -1.95. The van der Waals surface area contributed by atoms with Gasteiger partial charge in [-0.3, -0.25) is 14.9 Å². The van der Waals surface area contributed by atoms with Gasteiger partial charge in [0.1, 0.15) is 0 Å². The Balaban J connectivity index is 2.48. The summed E-state index contributed by atoms with van der Waals surface area (Å²) in [7, 11) is 1.82. The van der Waals surface area contributed by atoms with Gasteiger partial charge in [0, 0.05) is 24.6 Å². The molecule has 6 nitrogen and oxygen atoms in total. The number of hydrogen-bond acceptors (Lipinski definition) is 4. The van der Waals surface area contributed by atoms with E-state index in [0.29, 0.717) is 12.0 Å². The van der Waals surface area contributed by atoms with Crippen molar-refractivity contribution in [3.8, 4) is 0 Å². The van der Waals surface area contributed by atoms with Crippen LogP contribution < -0.4 is 10.6 Å². The Morgan fingerprint density at radius 2 is 2.11 bits per heavy atom. The topological polar surface area (TPSA) is 84.3 Å². The Labute approximate surface area is 106 Å². The van der Waals surface area contributed by atoms with Crippen LogP contribution in [0.4, 0.5) is 5.69 Å². The molecule has 1 amide bonds. The minimum Gasteiger partial charge on any atom is -0.352 e. The molecule has 98 valence electrons. The summed E-state index contributed by atoms with van der Waals surface area (Å²) in [5.41, 5.74) is 0.553. The van der Waals surface area contributed by atoms with Crippen LogP contribution in [0.5, 0.6) is 0 Å². The van der Waals surface area contributed by atoms with Gasteiger partial charge in [0.05, 0.1) is 4.92 Å². The van der Waals surface area contributed by atoms with Gasteiger partial charge in [-0.2, -0.15) is 0 Å². The van der Waals surface area contributed by atoms with Crippen molar-refractivity contribution in [3.05, 3.63) is 39.9 Å². The van der Waals surface area contributed by atoms with E-state index < -0.39 is 4.92 Å². The molecule has 0 saturated heterocycles. The normalized spacial score (nSPS) is 10.1. The van der Waals surface area contributed by atoms with Crippen molar-refractivity contribution in [1.82, 2.24) is 10.6 Å². The van der Waals surface area contributed by atoms with E-state index in [2.05, 4.69) is 10.6 Å². The molecule has 1 rings (SSSR count). The predicted molar refractivity (Wildman–Crippen MR) is 68.1 cm³/mol. The van der Waals surface area contributed by atoms with Gasteiger partial charge in [0.2, 0.25) is 5.91 Å². The van der Waals surface area contributed by atoms with Crippen molar-refractivity contribution in [2.75, 3.05) is 13.6 Å². The van der Waals surface area contributed by atoms with Gasteiger partial charge in [0.15, 0.2) is 0 Å². The van der Waals surface area contributed by atoms with Crippen LogP contribution in [0, 0.1) is 10.1 Å². The summed E-state index contributed by atoms with van der Waals surface area (Å²) < 4.78 is 0. The van der Waals surface area contributed by atoms with Gasteiger partial charge in [-0.05, 0) is 20.0 Å². The monoisotopic (exact) mass is 251 g/mol. The van der Waals surface area contributed by atoms with Crippen LogP contribution in [0.3, 0.4) is 0 Å². The molecule has 0 saturated carbocycles. The lowest BCUT2D eigenvalue weighted by Gasteiger charge is -2.05. The van der Waals surface area contributed by atoms with Crippen LogP contribution in [0.15, 0.2) is 24.3 Å². The number of amides is 1. The lowest BCUT2D eigenvalue weighted by molar-refractivity contribution is -0.385. The molecule has 0 fully saturated rings. The maximum atomic E-state index is 11.5. The summed E-state index contributed by atoms with van der Waals surface area (Å²) in [5, 5.41) is 16.4. The highest BCUT2D eigenvalue weighted by Crippen LogP contribution is 2.17. The van der Waals surface area contributed by atoms with Crippen molar-refractivity contribution in [3.63, 3.8) is 0 Å². The molecule has 0 radical (unpaired) electrons. The fourth-order valence-electron chi connectivity index (χ4n) is 1.55. The molecular weight excluding hydrogens is 234 g/mol. The molecule has 1 aromatic rings. The number of nitro benzene ring substituents is 1.